The van der Waals surface area contributed by atoms with Gasteiger partial charge in [-0.3, -0.25) is 4.98 Å². The maximum absolute atomic E-state index is 4.65. The summed E-state index contributed by atoms with van der Waals surface area (Å²) < 4.78 is 0. The van der Waals surface area contributed by atoms with Gasteiger partial charge in [0.05, 0.1) is 5.69 Å². The zero-order valence-electron chi connectivity index (χ0n) is 13.7. The molecule has 0 aromatic carbocycles. The van der Waals surface area contributed by atoms with Crippen LogP contribution in [0.15, 0.2) is 36.7 Å². The third kappa shape index (κ3) is 3.28. The maximum atomic E-state index is 4.65. The monoisotopic (exact) mass is 296 g/mol. The zero-order valence-corrected chi connectivity index (χ0v) is 13.7. The molecule has 4 heteroatoms. The molecule has 1 fully saturated rings. The first-order valence-corrected chi connectivity index (χ1v) is 7.99. The fraction of sp³-hybridized carbons (Fsp3) is 0.444. The molecule has 0 amide bonds. The number of nitrogens with zero attached hydrogens (tertiary/aromatic N) is 4. The third-order valence-electron chi connectivity index (χ3n) is 4.32. The van der Waals surface area contributed by atoms with Crippen LogP contribution in [0.1, 0.15) is 25.3 Å². The SMILES string of the molecule is CC(C)c1ccnc(-c2ccc(N3CCN(C)CC3)nc2)c1. The van der Waals surface area contributed by atoms with Crippen molar-refractivity contribution in [2.24, 2.45) is 0 Å². The number of rotatable bonds is 3. The zero-order chi connectivity index (χ0) is 15.5. The first kappa shape index (κ1) is 15.0. The van der Waals surface area contributed by atoms with Gasteiger partial charge in [-0.15, -0.1) is 0 Å². The Kier molecular flexibility index (Phi) is 4.39. The molecule has 0 unspecified atom stereocenters. The molecule has 0 atom stereocenters. The summed E-state index contributed by atoms with van der Waals surface area (Å²) >= 11 is 0. The Hall–Kier alpha value is -1.94. The predicted molar refractivity (Wildman–Crippen MR) is 91.3 cm³/mol. The maximum Gasteiger partial charge on any atom is 0.128 e. The fourth-order valence-corrected chi connectivity index (χ4v) is 2.72. The molecule has 0 saturated carbocycles. The van der Waals surface area contributed by atoms with Crippen LogP contribution < -0.4 is 4.90 Å². The summed E-state index contributed by atoms with van der Waals surface area (Å²) in [6, 6.07) is 8.49. The van der Waals surface area contributed by atoms with Gasteiger partial charge in [-0.25, -0.2) is 4.98 Å². The lowest BCUT2D eigenvalue weighted by Crippen LogP contribution is -2.44. The minimum Gasteiger partial charge on any atom is -0.354 e. The summed E-state index contributed by atoms with van der Waals surface area (Å²) in [5.74, 6) is 1.58. The quantitative estimate of drug-likeness (QED) is 0.871. The molecule has 1 saturated heterocycles. The Labute approximate surface area is 132 Å². The molecule has 0 aliphatic carbocycles. The molecule has 2 aromatic heterocycles. The highest BCUT2D eigenvalue weighted by molar-refractivity contribution is 5.60. The highest BCUT2D eigenvalue weighted by atomic mass is 15.3. The van der Waals surface area contributed by atoms with Crippen LogP contribution in [-0.2, 0) is 0 Å². The van der Waals surface area contributed by atoms with Crippen LogP contribution in [0, 0.1) is 0 Å². The van der Waals surface area contributed by atoms with Crippen LogP contribution in [-0.4, -0.2) is 48.1 Å². The van der Waals surface area contributed by atoms with Gasteiger partial charge in [0.15, 0.2) is 0 Å². The van der Waals surface area contributed by atoms with Gasteiger partial charge >= 0.3 is 0 Å². The van der Waals surface area contributed by atoms with Crippen LogP contribution in [0.25, 0.3) is 11.3 Å². The van der Waals surface area contributed by atoms with E-state index >= 15 is 0 Å². The molecule has 22 heavy (non-hydrogen) atoms. The van der Waals surface area contributed by atoms with Gasteiger partial charge < -0.3 is 9.80 Å². The van der Waals surface area contributed by atoms with Gasteiger partial charge in [0.1, 0.15) is 5.82 Å². The van der Waals surface area contributed by atoms with Crippen molar-refractivity contribution in [3.05, 3.63) is 42.2 Å². The van der Waals surface area contributed by atoms with Gasteiger partial charge in [0, 0.05) is 44.1 Å². The molecule has 3 heterocycles. The van der Waals surface area contributed by atoms with E-state index in [1.54, 1.807) is 0 Å². The summed E-state index contributed by atoms with van der Waals surface area (Å²) in [5.41, 5.74) is 3.40. The Balaban J connectivity index is 1.78. The average Bonchev–Trinajstić information content (AvgIpc) is 2.56. The van der Waals surface area contributed by atoms with Crippen molar-refractivity contribution in [3.8, 4) is 11.3 Å². The Morgan fingerprint density at radius 3 is 2.41 bits per heavy atom. The van der Waals surface area contributed by atoms with Crippen LogP contribution >= 0.6 is 0 Å². The summed E-state index contributed by atoms with van der Waals surface area (Å²) in [4.78, 5) is 13.8. The molecule has 0 spiro atoms. The van der Waals surface area contributed by atoms with Crippen molar-refractivity contribution < 1.29 is 0 Å². The molecule has 3 rings (SSSR count). The number of likely N-dealkylation sites (N-methyl/N-ethyl adjacent to an activating group) is 1. The van der Waals surface area contributed by atoms with Gasteiger partial charge in [0.2, 0.25) is 0 Å². The summed E-state index contributed by atoms with van der Waals surface area (Å²) in [6.07, 6.45) is 3.83. The van der Waals surface area contributed by atoms with E-state index in [0.717, 1.165) is 43.3 Å². The van der Waals surface area contributed by atoms with E-state index in [1.807, 2.05) is 12.4 Å². The topological polar surface area (TPSA) is 32.3 Å². The van der Waals surface area contributed by atoms with Crippen molar-refractivity contribution in [1.29, 1.82) is 0 Å². The molecule has 0 bridgehead atoms. The lowest BCUT2D eigenvalue weighted by atomic mass is 10.0. The minimum atomic E-state index is 0.513. The van der Waals surface area contributed by atoms with Gasteiger partial charge in [-0.1, -0.05) is 13.8 Å². The van der Waals surface area contributed by atoms with Crippen LogP contribution in [0.5, 0.6) is 0 Å². The Bertz CT molecular complexity index is 613. The number of hydrogen-bond acceptors (Lipinski definition) is 4. The second-order valence-corrected chi connectivity index (χ2v) is 6.32. The van der Waals surface area contributed by atoms with Crippen LogP contribution in [0.3, 0.4) is 0 Å². The van der Waals surface area contributed by atoms with Crippen molar-refractivity contribution in [2.75, 3.05) is 38.1 Å². The van der Waals surface area contributed by atoms with Crippen LogP contribution in [0.2, 0.25) is 0 Å². The molecule has 1 aliphatic heterocycles. The molecule has 1 aliphatic rings. The minimum absolute atomic E-state index is 0.513. The molecular weight excluding hydrogens is 272 g/mol. The van der Waals surface area contributed by atoms with E-state index in [2.05, 4.69) is 64.9 Å². The van der Waals surface area contributed by atoms with Crippen molar-refractivity contribution >= 4 is 5.82 Å². The smallest absolute Gasteiger partial charge is 0.128 e. The highest BCUT2D eigenvalue weighted by Gasteiger charge is 2.15. The summed E-state index contributed by atoms with van der Waals surface area (Å²) in [5, 5.41) is 0. The average molecular weight is 296 g/mol. The predicted octanol–water partition coefficient (Wildman–Crippen LogP) is 3.02. The Morgan fingerprint density at radius 1 is 1.00 bits per heavy atom. The molecule has 4 nitrogen and oxygen atoms in total. The van der Waals surface area contributed by atoms with Gasteiger partial charge in [-0.05, 0) is 42.8 Å². The number of pyridine rings is 2. The highest BCUT2D eigenvalue weighted by Crippen LogP contribution is 2.23. The number of aromatic nitrogens is 2. The number of anilines is 1. The lowest BCUT2D eigenvalue weighted by Gasteiger charge is -2.33. The van der Waals surface area contributed by atoms with E-state index in [0.29, 0.717) is 5.92 Å². The van der Waals surface area contributed by atoms with Crippen molar-refractivity contribution in [2.45, 2.75) is 19.8 Å². The molecule has 116 valence electrons. The number of hydrogen-bond donors (Lipinski definition) is 0. The van der Waals surface area contributed by atoms with Gasteiger partial charge in [-0.2, -0.15) is 0 Å². The Morgan fingerprint density at radius 2 is 1.77 bits per heavy atom. The first-order chi connectivity index (χ1) is 10.6. The van der Waals surface area contributed by atoms with Crippen molar-refractivity contribution in [3.63, 3.8) is 0 Å². The molecule has 2 aromatic rings. The standard InChI is InChI=1S/C18H24N4/c1-14(2)15-6-7-19-17(12-15)16-4-5-18(20-13-16)22-10-8-21(3)9-11-22/h4-7,12-14H,8-11H2,1-3H3. The first-order valence-electron chi connectivity index (χ1n) is 7.99. The molecule has 0 radical (unpaired) electrons. The van der Waals surface area contributed by atoms with E-state index < -0.39 is 0 Å². The molecular formula is C18H24N4. The van der Waals surface area contributed by atoms with E-state index in [4.69, 9.17) is 0 Å². The third-order valence-corrected chi connectivity index (χ3v) is 4.32. The number of piperazine rings is 1. The lowest BCUT2D eigenvalue weighted by molar-refractivity contribution is 0.312. The van der Waals surface area contributed by atoms with E-state index in [1.165, 1.54) is 5.56 Å². The summed E-state index contributed by atoms with van der Waals surface area (Å²) in [6.45, 7) is 8.69. The van der Waals surface area contributed by atoms with Gasteiger partial charge in [0.25, 0.3) is 0 Å². The second kappa shape index (κ2) is 6.44. The van der Waals surface area contributed by atoms with Crippen LogP contribution in [0.4, 0.5) is 5.82 Å². The normalized spacial score (nSPS) is 16.3. The largest absolute Gasteiger partial charge is 0.354 e. The van der Waals surface area contributed by atoms with E-state index in [9.17, 15) is 0 Å². The summed E-state index contributed by atoms with van der Waals surface area (Å²) in [7, 11) is 2.17. The second-order valence-electron chi connectivity index (χ2n) is 6.32. The van der Waals surface area contributed by atoms with Crippen molar-refractivity contribution in [1.82, 2.24) is 14.9 Å². The molecule has 0 N–H and O–H groups in total. The van der Waals surface area contributed by atoms with E-state index in [-0.39, 0.29) is 0 Å². The fourth-order valence-electron chi connectivity index (χ4n) is 2.72.